The number of aryl methyl sites for hydroxylation is 2. The Balaban J connectivity index is 1.70. The summed E-state index contributed by atoms with van der Waals surface area (Å²) in [5.41, 5.74) is 2.66. The van der Waals surface area contributed by atoms with Gasteiger partial charge in [-0.15, -0.1) is 0 Å². The summed E-state index contributed by atoms with van der Waals surface area (Å²) in [7, 11) is 0. The van der Waals surface area contributed by atoms with Crippen molar-refractivity contribution in [2.45, 2.75) is 26.3 Å². The van der Waals surface area contributed by atoms with Crippen LogP contribution < -0.4 is 15.5 Å². The first-order chi connectivity index (χ1) is 14.1. The van der Waals surface area contributed by atoms with Crippen LogP contribution in [0.3, 0.4) is 0 Å². The summed E-state index contributed by atoms with van der Waals surface area (Å²) in [5, 5.41) is 13.9. The minimum atomic E-state index is -1.48. The Labute approximate surface area is 171 Å². The average molecular weight is 412 g/mol. The molecule has 0 radical (unpaired) electrons. The van der Waals surface area contributed by atoms with Crippen LogP contribution in [0.1, 0.15) is 23.6 Å². The zero-order valence-corrected chi connectivity index (χ0v) is 16.6. The third-order valence-electron chi connectivity index (χ3n) is 4.84. The van der Waals surface area contributed by atoms with Crippen LogP contribution in [0.15, 0.2) is 42.5 Å². The van der Waals surface area contributed by atoms with Crippen LogP contribution >= 0.6 is 0 Å². The van der Waals surface area contributed by atoms with Crippen molar-refractivity contribution in [2.75, 3.05) is 6.61 Å². The van der Waals surface area contributed by atoms with E-state index in [9.17, 15) is 24.5 Å². The lowest BCUT2D eigenvalue weighted by Gasteiger charge is -2.22. The smallest absolute Gasteiger partial charge is 0.344 e. The largest absolute Gasteiger partial charge is 0.483 e. The van der Waals surface area contributed by atoms with Gasteiger partial charge in [-0.05, 0) is 49.6 Å². The maximum Gasteiger partial charge on any atom is 0.344 e. The number of carbonyl (C=O) groups is 3. The third-order valence-corrected chi connectivity index (χ3v) is 4.84. The second-order valence-electron chi connectivity index (χ2n) is 7.04. The maximum absolute atomic E-state index is 12.8. The fraction of sp³-hybridized carbons (Fsp3) is 0.250. The summed E-state index contributed by atoms with van der Waals surface area (Å²) >= 11 is 0. The fourth-order valence-corrected chi connectivity index (χ4v) is 3.17. The normalized spacial score (nSPS) is 18.2. The number of carbonyl (C=O) groups excluding carboxylic acids is 3. The monoisotopic (exact) mass is 412 g/mol. The molecule has 10 heteroatoms. The minimum Gasteiger partial charge on any atom is -0.483 e. The molecule has 4 amide bonds. The molecule has 0 unspecified atom stereocenters. The average Bonchev–Trinajstić information content (AvgIpc) is 2.91. The van der Waals surface area contributed by atoms with Crippen LogP contribution in [0, 0.1) is 24.0 Å². The Morgan fingerprint density at radius 3 is 2.33 bits per heavy atom. The van der Waals surface area contributed by atoms with Crippen molar-refractivity contribution < 1.29 is 24.0 Å². The molecule has 1 saturated heterocycles. The Hall–Kier alpha value is -3.95. The number of imide groups is 1. The molecular formula is C20H20N4O6. The van der Waals surface area contributed by atoms with E-state index < -0.39 is 34.9 Å². The van der Waals surface area contributed by atoms with E-state index in [0.717, 1.165) is 11.1 Å². The molecule has 156 valence electrons. The van der Waals surface area contributed by atoms with Crippen LogP contribution in [0.25, 0.3) is 0 Å². The lowest BCUT2D eigenvalue weighted by Crippen LogP contribution is -2.49. The van der Waals surface area contributed by atoms with E-state index in [2.05, 4.69) is 10.7 Å². The van der Waals surface area contributed by atoms with Gasteiger partial charge in [-0.25, -0.2) is 4.79 Å². The Bertz CT molecular complexity index is 1020. The van der Waals surface area contributed by atoms with Gasteiger partial charge in [-0.1, -0.05) is 18.2 Å². The van der Waals surface area contributed by atoms with E-state index in [-0.39, 0.29) is 5.69 Å². The summed E-state index contributed by atoms with van der Waals surface area (Å²) in [6.45, 7) is 4.74. The van der Waals surface area contributed by atoms with Crippen molar-refractivity contribution in [1.82, 2.24) is 15.8 Å². The number of hydrogen-bond donors (Lipinski definition) is 2. The van der Waals surface area contributed by atoms with Crippen molar-refractivity contribution in [3.8, 4) is 5.75 Å². The quantitative estimate of drug-likeness (QED) is 0.424. The molecule has 2 N–H and O–H groups in total. The maximum atomic E-state index is 12.8. The van der Waals surface area contributed by atoms with E-state index in [1.807, 2.05) is 32.0 Å². The number of nitrogens with one attached hydrogen (secondary N) is 2. The van der Waals surface area contributed by atoms with Crippen molar-refractivity contribution in [3.63, 3.8) is 0 Å². The van der Waals surface area contributed by atoms with Crippen molar-refractivity contribution in [3.05, 3.63) is 69.3 Å². The molecule has 0 aromatic heterocycles. The van der Waals surface area contributed by atoms with Crippen molar-refractivity contribution in [1.29, 1.82) is 0 Å². The van der Waals surface area contributed by atoms with Gasteiger partial charge in [0.05, 0.1) is 4.92 Å². The van der Waals surface area contributed by atoms with Gasteiger partial charge in [0.2, 0.25) is 0 Å². The van der Waals surface area contributed by atoms with E-state index >= 15 is 0 Å². The predicted molar refractivity (Wildman–Crippen MR) is 105 cm³/mol. The molecule has 1 aliphatic rings. The number of urea groups is 1. The number of nitro groups is 1. The SMILES string of the molecule is Cc1cccc(C)c1OCC(=O)NN1C(=O)N[C@](C)(c2ccc([N+](=O)[O-])cc2)C1=O. The molecular weight excluding hydrogens is 392 g/mol. The highest BCUT2D eigenvalue weighted by molar-refractivity contribution is 6.08. The van der Waals surface area contributed by atoms with Gasteiger partial charge in [0, 0.05) is 12.1 Å². The molecule has 0 saturated carbocycles. The van der Waals surface area contributed by atoms with Crippen LogP contribution in [0.2, 0.25) is 0 Å². The van der Waals surface area contributed by atoms with Crippen LogP contribution in [0.5, 0.6) is 5.75 Å². The molecule has 2 aromatic carbocycles. The lowest BCUT2D eigenvalue weighted by atomic mass is 9.92. The number of hydrogen-bond acceptors (Lipinski definition) is 6. The first-order valence-electron chi connectivity index (χ1n) is 9.03. The molecule has 0 aliphatic carbocycles. The molecule has 30 heavy (non-hydrogen) atoms. The number of benzene rings is 2. The standard InChI is InChI=1S/C20H20N4O6/c1-12-5-4-6-13(2)17(12)30-11-16(25)22-23-18(26)20(3,21-19(23)27)14-7-9-15(10-8-14)24(28)29/h4-10H,11H2,1-3H3,(H,21,27)(H,22,25)/t20-/m1/s1. The highest BCUT2D eigenvalue weighted by Crippen LogP contribution is 2.29. The molecule has 10 nitrogen and oxygen atoms in total. The second-order valence-corrected chi connectivity index (χ2v) is 7.04. The van der Waals surface area contributed by atoms with Crippen molar-refractivity contribution >= 4 is 23.5 Å². The summed E-state index contributed by atoms with van der Waals surface area (Å²) in [6.07, 6.45) is 0. The molecule has 1 fully saturated rings. The second kappa shape index (κ2) is 7.82. The molecule has 3 rings (SSSR count). The summed E-state index contributed by atoms with van der Waals surface area (Å²) < 4.78 is 5.54. The number of nitrogens with zero attached hydrogens (tertiary/aromatic N) is 2. The van der Waals surface area contributed by atoms with Gasteiger partial charge in [-0.3, -0.25) is 25.1 Å². The van der Waals surface area contributed by atoms with Gasteiger partial charge in [0.25, 0.3) is 17.5 Å². The fourth-order valence-electron chi connectivity index (χ4n) is 3.17. The van der Waals surface area contributed by atoms with Crippen LogP contribution in [-0.2, 0) is 15.1 Å². The highest BCUT2D eigenvalue weighted by atomic mass is 16.6. The number of ether oxygens (including phenoxy) is 1. The topological polar surface area (TPSA) is 131 Å². The molecule has 0 spiro atoms. The number of nitro benzene ring substituents is 1. The van der Waals surface area contributed by atoms with Gasteiger partial charge in [0.1, 0.15) is 11.3 Å². The van der Waals surface area contributed by atoms with E-state index in [0.29, 0.717) is 16.3 Å². The predicted octanol–water partition coefficient (Wildman–Crippen LogP) is 2.09. The summed E-state index contributed by atoms with van der Waals surface area (Å²) in [6, 6.07) is 9.96. The van der Waals surface area contributed by atoms with Gasteiger partial charge < -0.3 is 10.1 Å². The van der Waals surface area contributed by atoms with Gasteiger partial charge >= 0.3 is 6.03 Å². The molecule has 0 bridgehead atoms. The van der Waals surface area contributed by atoms with Gasteiger partial charge in [0.15, 0.2) is 6.61 Å². The van der Waals surface area contributed by atoms with E-state index in [1.165, 1.54) is 31.2 Å². The molecule has 1 aliphatic heterocycles. The first-order valence-corrected chi connectivity index (χ1v) is 9.03. The lowest BCUT2D eigenvalue weighted by molar-refractivity contribution is -0.384. The Kier molecular flexibility index (Phi) is 5.41. The van der Waals surface area contributed by atoms with E-state index in [4.69, 9.17) is 4.74 Å². The van der Waals surface area contributed by atoms with Crippen molar-refractivity contribution in [2.24, 2.45) is 0 Å². The van der Waals surface area contributed by atoms with Gasteiger partial charge in [-0.2, -0.15) is 5.01 Å². The van der Waals surface area contributed by atoms with Crippen LogP contribution in [0.4, 0.5) is 10.5 Å². The first kappa shape index (κ1) is 20.8. The molecule has 1 atom stereocenters. The molecule has 1 heterocycles. The highest BCUT2D eigenvalue weighted by Gasteiger charge is 2.50. The third kappa shape index (κ3) is 3.79. The van der Waals surface area contributed by atoms with E-state index in [1.54, 1.807) is 0 Å². The number of amides is 4. The molecule has 2 aromatic rings. The van der Waals surface area contributed by atoms with Crippen LogP contribution in [-0.4, -0.2) is 34.4 Å². The minimum absolute atomic E-state index is 0.145. The summed E-state index contributed by atoms with van der Waals surface area (Å²) in [4.78, 5) is 47.6. The number of rotatable bonds is 6. The number of non-ortho nitro benzene ring substituents is 1. The number of para-hydroxylation sites is 1. The number of hydrazine groups is 1. The zero-order valence-electron chi connectivity index (χ0n) is 16.6. The Morgan fingerprint density at radius 1 is 1.17 bits per heavy atom. The zero-order chi connectivity index (χ0) is 22.1. The Morgan fingerprint density at radius 2 is 1.77 bits per heavy atom. The summed E-state index contributed by atoms with van der Waals surface area (Å²) in [5.74, 6) is -0.851.